The van der Waals surface area contributed by atoms with Crippen LogP contribution in [0.2, 0.25) is 0 Å². The van der Waals surface area contributed by atoms with Crippen molar-refractivity contribution >= 4 is 0 Å². The molecule has 1 radical (unpaired) electrons. The quantitative estimate of drug-likeness (QED) is 0.503. The van der Waals surface area contributed by atoms with E-state index in [1.54, 1.807) is 0 Å². The van der Waals surface area contributed by atoms with Gasteiger partial charge in [-0.25, -0.2) is 18.1 Å². The van der Waals surface area contributed by atoms with Crippen molar-refractivity contribution in [3.05, 3.63) is 45.1 Å². The second-order valence-corrected chi connectivity index (χ2v) is 4.63. The third-order valence-corrected chi connectivity index (χ3v) is 0.939. The van der Waals surface area contributed by atoms with Crippen molar-refractivity contribution in [3.63, 3.8) is 0 Å². The van der Waals surface area contributed by atoms with Crippen LogP contribution in [0.5, 0.6) is 0 Å². The van der Waals surface area contributed by atoms with Crippen LogP contribution in [0, 0.1) is 32.1 Å². The maximum Gasteiger partial charge on any atom is 0 e. The summed E-state index contributed by atoms with van der Waals surface area (Å²) in [5.41, 5.74) is 0.500. The predicted molar refractivity (Wildman–Crippen MR) is 76.4 cm³/mol. The van der Waals surface area contributed by atoms with Gasteiger partial charge in [-0.3, -0.25) is 0 Å². The molecule has 1 aliphatic carbocycles. The third-order valence-electron chi connectivity index (χ3n) is 0.939. The maximum atomic E-state index is 3.80. The Morgan fingerprint density at radius 1 is 1.00 bits per heavy atom. The second kappa shape index (κ2) is 14.9. The molecule has 0 aliphatic heterocycles. The van der Waals surface area contributed by atoms with E-state index in [1.807, 2.05) is 18.6 Å². The molecule has 1 aliphatic rings. The molecular weight excluding hydrogens is 231 g/mol. The first-order chi connectivity index (χ1) is 5.39. The number of allylic oxidation sites excluding steroid dienone is 4. The first kappa shape index (κ1) is 29.7. The fourth-order valence-electron chi connectivity index (χ4n) is 0.542. The largest absolute Gasteiger partial charge is 0.358 e. The number of rotatable bonds is 0. The summed E-state index contributed by atoms with van der Waals surface area (Å²) in [6, 6.07) is 0. The SMILES string of the molecule is C.C.CC(C)(C)C.[CH2-]C1C=C[CH-]C=C1.[CH3-].[V]. The van der Waals surface area contributed by atoms with Crippen LogP contribution < -0.4 is 0 Å². The van der Waals surface area contributed by atoms with E-state index >= 15 is 0 Å². The van der Waals surface area contributed by atoms with Crippen LogP contribution in [0.3, 0.4) is 0 Å². The standard InChI is InChI=1S/C7H8.C5H12.2CH4.CH3.V/c1-7-5-3-2-4-6-7;1-5(2,3)4;;;;/h2-7H,1H2;1-4H3;2*1H4;1H3;/q-2;;;;-1;. The van der Waals surface area contributed by atoms with Crippen molar-refractivity contribution in [2.45, 2.75) is 42.5 Å². The minimum absolute atomic E-state index is 0. The van der Waals surface area contributed by atoms with Gasteiger partial charge in [-0.1, -0.05) is 42.5 Å². The van der Waals surface area contributed by atoms with Crippen LogP contribution in [0.4, 0.5) is 0 Å². The van der Waals surface area contributed by atoms with Gasteiger partial charge in [0.05, 0.1) is 0 Å². The fraction of sp³-hybridized carbons (Fsp3) is 0.533. The summed E-state index contributed by atoms with van der Waals surface area (Å²) >= 11 is 0. The zero-order valence-corrected chi connectivity index (χ0v) is 11.5. The Hall–Kier alpha value is -0.0656. The van der Waals surface area contributed by atoms with Crippen molar-refractivity contribution < 1.29 is 18.6 Å². The van der Waals surface area contributed by atoms with Gasteiger partial charge in [0.2, 0.25) is 0 Å². The summed E-state index contributed by atoms with van der Waals surface area (Å²) in [6.45, 7) is 12.6. The van der Waals surface area contributed by atoms with Crippen LogP contribution >= 0.6 is 0 Å². The molecule has 1 heteroatoms. The Balaban J connectivity index is -0.0000000419. The molecule has 0 aromatic heterocycles. The average Bonchev–Trinajstić information content (AvgIpc) is 1.85. The number of hydrogen-bond acceptors (Lipinski definition) is 0. The van der Waals surface area contributed by atoms with E-state index in [-0.39, 0.29) is 40.8 Å². The van der Waals surface area contributed by atoms with Gasteiger partial charge in [0, 0.05) is 18.6 Å². The molecule has 0 fully saturated rings. The summed E-state index contributed by atoms with van der Waals surface area (Å²) in [4.78, 5) is 0. The van der Waals surface area contributed by atoms with E-state index in [0.717, 1.165) is 0 Å². The topological polar surface area (TPSA) is 0 Å². The molecule has 0 atom stereocenters. The van der Waals surface area contributed by atoms with Crippen molar-refractivity contribution in [3.8, 4) is 0 Å². The van der Waals surface area contributed by atoms with Crippen molar-refractivity contribution in [1.82, 2.24) is 0 Å². The molecule has 0 saturated heterocycles. The molecule has 0 amide bonds. The van der Waals surface area contributed by atoms with Crippen LogP contribution in [0.15, 0.2) is 24.3 Å². The monoisotopic (exact) mass is 262 g/mol. The van der Waals surface area contributed by atoms with Crippen LogP contribution in [0.25, 0.3) is 0 Å². The van der Waals surface area contributed by atoms with Gasteiger partial charge in [-0.05, 0) is 5.41 Å². The van der Waals surface area contributed by atoms with E-state index in [9.17, 15) is 0 Å². The van der Waals surface area contributed by atoms with E-state index in [1.165, 1.54) is 0 Å². The third kappa shape index (κ3) is 37.0. The average molecular weight is 262 g/mol. The Labute approximate surface area is 117 Å². The normalized spacial score (nSPS) is 12.3. The molecule has 0 saturated carbocycles. The number of hydrogen-bond donors (Lipinski definition) is 0. The van der Waals surface area contributed by atoms with Gasteiger partial charge in [-0.15, -0.1) is 0 Å². The maximum absolute atomic E-state index is 3.80. The van der Waals surface area contributed by atoms with Gasteiger partial charge >= 0.3 is 0 Å². The van der Waals surface area contributed by atoms with Crippen molar-refractivity contribution in [2.24, 2.45) is 11.3 Å². The van der Waals surface area contributed by atoms with E-state index < -0.39 is 0 Å². The van der Waals surface area contributed by atoms with Crippen molar-refractivity contribution in [1.29, 1.82) is 0 Å². The van der Waals surface area contributed by atoms with Crippen LogP contribution in [-0.4, -0.2) is 0 Å². The molecule has 0 nitrogen and oxygen atoms in total. The molecule has 0 heterocycles. The summed E-state index contributed by atoms with van der Waals surface area (Å²) in [5.74, 6) is 0.394. The smallest absolute Gasteiger partial charge is 0 e. The van der Waals surface area contributed by atoms with E-state index in [2.05, 4.69) is 46.8 Å². The Morgan fingerprint density at radius 3 is 1.38 bits per heavy atom. The Bertz CT molecular complexity index is 143. The fourth-order valence-corrected chi connectivity index (χ4v) is 0.542. The van der Waals surface area contributed by atoms with Gasteiger partial charge in [0.15, 0.2) is 0 Å². The molecule has 0 aromatic carbocycles. The van der Waals surface area contributed by atoms with Gasteiger partial charge < -0.3 is 14.4 Å². The molecular formula is C15H31V-3. The molecule has 99 valence electrons. The summed E-state index contributed by atoms with van der Waals surface area (Å²) in [5, 5.41) is 0. The molecule has 0 bridgehead atoms. The van der Waals surface area contributed by atoms with Crippen LogP contribution in [-0.2, 0) is 18.6 Å². The minimum Gasteiger partial charge on any atom is -0.358 e. The van der Waals surface area contributed by atoms with Crippen LogP contribution in [0.1, 0.15) is 42.5 Å². The first-order valence-corrected chi connectivity index (χ1v) is 4.41. The molecule has 0 aromatic rings. The molecule has 0 unspecified atom stereocenters. The zero-order valence-electron chi connectivity index (χ0n) is 10.1. The molecule has 0 spiro atoms. The molecule has 0 N–H and O–H groups in total. The van der Waals surface area contributed by atoms with E-state index in [4.69, 9.17) is 0 Å². The molecule has 16 heavy (non-hydrogen) atoms. The first-order valence-electron chi connectivity index (χ1n) is 4.41. The van der Waals surface area contributed by atoms with E-state index in [0.29, 0.717) is 11.3 Å². The van der Waals surface area contributed by atoms with Gasteiger partial charge in [0.25, 0.3) is 0 Å². The molecule has 1 rings (SSSR count). The summed E-state index contributed by atoms with van der Waals surface area (Å²) in [6.07, 6.45) is 10.1. The van der Waals surface area contributed by atoms with Gasteiger partial charge in [0.1, 0.15) is 0 Å². The minimum atomic E-state index is 0. The summed E-state index contributed by atoms with van der Waals surface area (Å²) < 4.78 is 0. The van der Waals surface area contributed by atoms with Gasteiger partial charge in [-0.2, -0.15) is 18.6 Å². The Kier molecular flexibility index (Phi) is 27.7. The Morgan fingerprint density at radius 2 is 1.25 bits per heavy atom. The second-order valence-electron chi connectivity index (χ2n) is 4.63. The summed E-state index contributed by atoms with van der Waals surface area (Å²) in [7, 11) is 0. The zero-order chi connectivity index (χ0) is 9.61. The van der Waals surface area contributed by atoms with Crippen molar-refractivity contribution in [2.75, 3.05) is 0 Å². The predicted octanol–water partition coefficient (Wildman–Crippen LogP) is 5.54.